The highest BCUT2D eigenvalue weighted by Crippen LogP contribution is 2.35. The predicted octanol–water partition coefficient (Wildman–Crippen LogP) is 3.25. The molecule has 0 aliphatic rings. The van der Waals surface area contributed by atoms with Crippen LogP contribution in [0.3, 0.4) is 0 Å². The van der Waals surface area contributed by atoms with E-state index in [0.717, 1.165) is 23.5 Å². The van der Waals surface area contributed by atoms with Gasteiger partial charge in [-0.25, -0.2) is 4.98 Å². The van der Waals surface area contributed by atoms with E-state index in [4.69, 9.17) is 10.5 Å². The summed E-state index contributed by atoms with van der Waals surface area (Å²) in [6.07, 6.45) is -4.54. The quantitative estimate of drug-likeness (QED) is 0.796. The van der Waals surface area contributed by atoms with Gasteiger partial charge < -0.3 is 0 Å². The standard InChI is InChI=1S/C11H4F3N3S/c12-11(13,14)7-4-8-9(3-6(7)5-16)18-10(17-8)1-2-15/h3-4H,1H2. The normalized spacial score (nSPS) is 11.2. The number of thiazole rings is 1. The molecule has 1 aromatic carbocycles. The van der Waals surface area contributed by atoms with Crippen molar-refractivity contribution in [2.24, 2.45) is 0 Å². The molecule has 18 heavy (non-hydrogen) atoms. The third-order valence-corrected chi connectivity index (χ3v) is 3.25. The van der Waals surface area contributed by atoms with E-state index in [9.17, 15) is 13.2 Å². The molecular weight excluding hydrogens is 263 g/mol. The minimum Gasteiger partial charge on any atom is -0.240 e. The number of hydrogen-bond acceptors (Lipinski definition) is 4. The van der Waals surface area contributed by atoms with Crippen LogP contribution in [0.4, 0.5) is 13.2 Å². The highest BCUT2D eigenvalue weighted by Gasteiger charge is 2.34. The molecule has 3 nitrogen and oxygen atoms in total. The average molecular weight is 267 g/mol. The van der Waals surface area contributed by atoms with Crippen LogP contribution in [0, 0.1) is 22.7 Å². The Morgan fingerprint density at radius 2 is 2.00 bits per heavy atom. The van der Waals surface area contributed by atoms with Crippen molar-refractivity contribution in [3.05, 3.63) is 28.3 Å². The van der Waals surface area contributed by atoms with E-state index in [1.807, 2.05) is 6.07 Å². The molecule has 90 valence electrons. The Morgan fingerprint density at radius 3 is 2.56 bits per heavy atom. The van der Waals surface area contributed by atoms with Crippen LogP contribution in [-0.4, -0.2) is 4.98 Å². The summed E-state index contributed by atoms with van der Waals surface area (Å²) < 4.78 is 38.5. The van der Waals surface area contributed by atoms with E-state index >= 15 is 0 Å². The molecule has 1 heterocycles. The smallest absolute Gasteiger partial charge is 0.240 e. The van der Waals surface area contributed by atoms with Gasteiger partial charge in [0, 0.05) is 0 Å². The van der Waals surface area contributed by atoms with Gasteiger partial charge in [0.1, 0.15) is 5.01 Å². The maximum absolute atomic E-state index is 12.7. The lowest BCUT2D eigenvalue weighted by Crippen LogP contribution is -2.07. The first kappa shape index (κ1) is 12.3. The minimum atomic E-state index is -4.59. The summed E-state index contributed by atoms with van der Waals surface area (Å²) in [4.78, 5) is 3.94. The number of fused-ring (bicyclic) bond motifs is 1. The molecule has 0 N–H and O–H groups in total. The SMILES string of the molecule is N#CCc1nc2cc(C(F)(F)F)c(C#N)cc2s1. The van der Waals surface area contributed by atoms with Crippen LogP contribution < -0.4 is 0 Å². The van der Waals surface area contributed by atoms with Crippen molar-refractivity contribution in [2.45, 2.75) is 12.6 Å². The molecule has 7 heteroatoms. The maximum Gasteiger partial charge on any atom is 0.417 e. The summed E-state index contributed by atoms with van der Waals surface area (Å²) in [6, 6.07) is 5.42. The van der Waals surface area contributed by atoms with Crippen molar-refractivity contribution in [1.29, 1.82) is 10.5 Å². The molecule has 0 aliphatic heterocycles. The van der Waals surface area contributed by atoms with Crippen LogP contribution in [0.15, 0.2) is 12.1 Å². The van der Waals surface area contributed by atoms with E-state index < -0.39 is 17.3 Å². The van der Waals surface area contributed by atoms with E-state index in [0.29, 0.717) is 9.71 Å². The molecule has 2 aromatic rings. The highest BCUT2D eigenvalue weighted by atomic mass is 32.1. The van der Waals surface area contributed by atoms with E-state index in [-0.39, 0.29) is 11.9 Å². The van der Waals surface area contributed by atoms with Crippen LogP contribution in [0.25, 0.3) is 10.2 Å². The lowest BCUT2D eigenvalue weighted by atomic mass is 10.1. The summed E-state index contributed by atoms with van der Waals surface area (Å²) >= 11 is 1.12. The Bertz CT molecular complexity index is 688. The Kier molecular flexibility index (Phi) is 2.93. The van der Waals surface area contributed by atoms with Crippen molar-refractivity contribution in [1.82, 2.24) is 4.98 Å². The molecule has 2 rings (SSSR count). The van der Waals surface area contributed by atoms with Gasteiger partial charge >= 0.3 is 6.18 Å². The van der Waals surface area contributed by atoms with E-state index in [1.54, 1.807) is 0 Å². The molecule has 0 bridgehead atoms. The zero-order chi connectivity index (χ0) is 13.3. The molecule has 0 unspecified atom stereocenters. The molecule has 0 aliphatic carbocycles. The molecule has 0 radical (unpaired) electrons. The topological polar surface area (TPSA) is 60.5 Å². The molecule has 0 spiro atoms. The molecule has 0 saturated carbocycles. The van der Waals surface area contributed by atoms with Gasteiger partial charge in [-0.15, -0.1) is 11.3 Å². The van der Waals surface area contributed by atoms with Gasteiger partial charge in [-0.05, 0) is 12.1 Å². The van der Waals surface area contributed by atoms with Gasteiger partial charge in [0.2, 0.25) is 0 Å². The minimum absolute atomic E-state index is 0.0442. The fourth-order valence-electron chi connectivity index (χ4n) is 1.49. The Hall–Kier alpha value is -2.12. The molecule has 1 aromatic heterocycles. The van der Waals surface area contributed by atoms with Crippen LogP contribution >= 0.6 is 11.3 Å². The summed E-state index contributed by atoms with van der Waals surface area (Å²) in [7, 11) is 0. The second-order valence-corrected chi connectivity index (χ2v) is 4.53. The van der Waals surface area contributed by atoms with Crippen molar-refractivity contribution < 1.29 is 13.2 Å². The largest absolute Gasteiger partial charge is 0.417 e. The van der Waals surface area contributed by atoms with Gasteiger partial charge in [0.05, 0.1) is 39.9 Å². The van der Waals surface area contributed by atoms with Crippen molar-refractivity contribution >= 4 is 21.6 Å². The van der Waals surface area contributed by atoms with Gasteiger partial charge in [-0.3, -0.25) is 0 Å². The summed E-state index contributed by atoms with van der Waals surface area (Å²) in [5.74, 6) is 0. The maximum atomic E-state index is 12.7. The average Bonchev–Trinajstić information content (AvgIpc) is 2.67. The third-order valence-electron chi connectivity index (χ3n) is 2.23. The zero-order valence-corrected chi connectivity index (χ0v) is 9.56. The first-order chi connectivity index (χ1) is 8.45. The highest BCUT2D eigenvalue weighted by molar-refractivity contribution is 7.18. The fraction of sp³-hybridized carbons (Fsp3) is 0.182. The van der Waals surface area contributed by atoms with Crippen LogP contribution in [-0.2, 0) is 12.6 Å². The lowest BCUT2D eigenvalue weighted by molar-refractivity contribution is -0.137. The second kappa shape index (κ2) is 4.28. The van der Waals surface area contributed by atoms with Crippen LogP contribution in [0.1, 0.15) is 16.1 Å². The number of hydrogen-bond donors (Lipinski definition) is 0. The lowest BCUT2D eigenvalue weighted by Gasteiger charge is -2.07. The number of benzene rings is 1. The number of nitrogens with zero attached hydrogens (tertiary/aromatic N) is 3. The fourth-order valence-corrected chi connectivity index (χ4v) is 2.41. The Balaban J connectivity index is 2.68. The second-order valence-electron chi connectivity index (χ2n) is 3.42. The Morgan fingerprint density at radius 1 is 1.28 bits per heavy atom. The summed E-state index contributed by atoms with van der Waals surface area (Å²) in [5.41, 5.74) is -1.26. The number of nitriles is 2. The van der Waals surface area contributed by atoms with Crippen molar-refractivity contribution in [3.63, 3.8) is 0 Å². The number of aromatic nitrogens is 1. The Labute approximate surface area is 104 Å². The van der Waals surface area contributed by atoms with E-state index in [1.165, 1.54) is 6.07 Å². The summed E-state index contributed by atoms with van der Waals surface area (Å²) in [6.45, 7) is 0. The molecule has 0 atom stereocenters. The van der Waals surface area contributed by atoms with Gasteiger partial charge in [0.15, 0.2) is 0 Å². The third kappa shape index (κ3) is 2.13. The number of alkyl halides is 3. The molecule has 0 saturated heterocycles. The molecule has 0 amide bonds. The van der Waals surface area contributed by atoms with Gasteiger partial charge in [0.25, 0.3) is 0 Å². The number of rotatable bonds is 1. The first-order valence-electron chi connectivity index (χ1n) is 4.73. The molecule has 0 fully saturated rings. The van der Waals surface area contributed by atoms with Gasteiger partial charge in [-0.1, -0.05) is 0 Å². The summed E-state index contributed by atoms with van der Waals surface area (Å²) in [5, 5.41) is 17.7. The van der Waals surface area contributed by atoms with Gasteiger partial charge in [-0.2, -0.15) is 23.7 Å². The monoisotopic (exact) mass is 267 g/mol. The van der Waals surface area contributed by atoms with Crippen LogP contribution in [0.5, 0.6) is 0 Å². The van der Waals surface area contributed by atoms with E-state index in [2.05, 4.69) is 4.98 Å². The molecular formula is C11H4F3N3S. The number of halogens is 3. The van der Waals surface area contributed by atoms with Crippen molar-refractivity contribution in [3.8, 4) is 12.1 Å². The predicted molar refractivity (Wildman–Crippen MR) is 58.7 cm³/mol. The van der Waals surface area contributed by atoms with Crippen molar-refractivity contribution in [2.75, 3.05) is 0 Å². The zero-order valence-electron chi connectivity index (χ0n) is 8.75. The first-order valence-corrected chi connectivity index (χ1v) is 5.55. The van der Waals surface area contributed by atoms with Crippen LogP contribution in [0.2, 0.25) is 0 Å².